The highest BCUT2D eigenvalue weighted by atomic mass is 19.4. The third-order valence-corrected chi connectivity index (χ3v) is 7.25. The van der Waals surface area contributed by atoms with Gasteiger partial charge in [0, 0.05) is 6.42 Å². The fourth-order valence-corrected chi connectivity index (χ4v) is 5.61. The molecule has 3 aliphatic carbocycles. The Morgan fingerprint density at radius 2 is 1.56 bits per heavy atom. The molecule has 0 amide bonds. The molecule has 0 radical (unpaired) electrons. The zero-order valence-electron chi connectivity index (χ0n) is 15.1. The number of halogens is 6. The van der Waals surface area contributed by atoms with E-state index in [1.165, 1.54) is 0 Å². The molecule has 3 aliphatic rings. The summed E-state index contributed by atoms with van der Waals surface area (Å²) in [5.74, 6) is 3.39. The number of aliphatic hydroxyl groups is 2. The maximum atomic E-state index is 12.8. The molecule has 27 heavy (non-hydrogen) atoms. The SMILES string of the molecule is CC12CCCC(O)C1CCC2C1(CC#CC(O)(C(F)(F)F)C(F)(F)F)CC1. The topological polar surface area (TPSA) is 40.5 Å². The van der Waals surface area contributed by atoms with Crippen LogP contribution in [-0.2, 0) is 0 Å². The molecule has 0 aromatic heterocycles. The van der Waals surface area contributed by atoms with Gasteiger partial charge in [0.1, 0.15) is 0 Å². The average molecular weight is 398 g/mol. The number of hydrogen-bond donors (Lipinski definition) is 2. The van der Waals surface area contributed by atoms with Crippen molar-refractivity contribution in [3.8, 4) is 11.8 Å². The van der Waals surface area contributed by atoms with Crippen LogP contribution in [0.25, 0.3) is 0 Å². The summed E-state index contributed by atoms with van der Waals surface area (Å²) in [4.78, 5) is 0. The van der Waals surface area contributed by atoms with Crippen molar-refractivity contribution in [3.05, 3.63) is 0 Å². The van der Waals surface area contributed by atoms with Crippen molar-refractivity contribution in [2.24, 2.45) is 22.7 Å². The lowest BCUT2D eigenvalue weighted by Crippen LogP contribution is -2.55. The van der Waals surface area contributed by atoms with Crippen LogP contribution in [0.15, 0.2) is 0 Å². The first kappa shape index (κ1) is 20.8. The Morgan fingerprint density at radius 3 is 2.07 bits per heavy atom. The van der Waals surface area contributed by atoms with Gasteiger partial charge in [0.15, 0.2) is 0 Å². The highest BCUT2D eigenvalue weighted by Gasteiger charge is 2.70. The standard InChI is InChI=1S/C19H24F6O2/c1-15-7-2-4-13(26)12(15)5-6-14(15)16(10-11-16)8-3-9-17(27,18(20,21)22)19(23,24)25/h12-14,26-27H,2,4-8,10-11H2,1H3. The van der Waals surface area contributed by atoms with Gasteiger partial charge in [-0.15, -0.1) is 0 Å². The van der Waals surface area contributed by atoms with Crippen LogP contribution >= 0.6 is 0 Å². The maximum absolute atomic E-state index is 12.8. The van der Waals surface area contributed by atoms with E-state index in [1.54, 1.807) is 0 Å². The number of aliphatic hydroxyl groups excluding tert-OH is 1. The fourth-order valence-electron chi connectivity index (χ4n) is 5.61. The minimum Gasteiger partial charge on any atom is -0.393 e. The van der Waals surface area contributed by atoms with E-state index in [0.29, 0.717) is 12.8 Å². The highest BCUT2D eigenvalue weighted by molar-refractivity contribution is 5.24. The Morgan fingerprint density at radius 1 is 0.963 bits per heavy atom. The van der Waals surface area contributed by atoms with Gasteiger partial charge in [0.25, 0.3) is 0 Å². The zero-order valence-corrected chi connectivity index (χ0v) is 15.1. The summed E-state index contributed by atoms with van der Waals surface area (Å²) in [7, 11) is 0. The number of alkyl halides is 6. The first-order valence-electron chi connectivity index (χ1n) is 9.31. The average Bonchev–Trinajstić information content (AvgIpc) is 3.19. The monoisotopic (exact) mass is 398 g/mol. The van der Waals surface area contributed by atoms with Crippen molar-refractivity contribution in [3.63, 3.8) is 0 Å². The number of rotatable bonds is 2. The van der Waals surface area contributed by atoms with Gasteiger partial charge in [-0.3, -0.25) is 0 Å². The lowest BCUT2D eigenvalue weighted by molar-refractivity contribution is -0.343. The van der Waals surface area contributed by atoms with Gasteiger partial charge in [0.2, 0.25) is 0 Å². The molecule has 2 N–H and O–H groups in total. The molecule has 154 valence electrons. The quantitative estimate of drug-likeness (QED) is 0.528. The molecular weight excluding hydrogens is 374 g/mol. The Balaban J connectivity index is 1.80. The maximum Gasteiger partial charge on any atom is 0.438 e. The predicted molar refractivity (Wildman–Crippen MR) is 85.3 cm³/mol. The highest BCUT2D eigenvalue weighted by Crippen LogP contribution is 2.68. The van der Waals surface area contributed by atoms with Gasteiger partial charge >= 0.3 is 18.0 Å². The molecule has 0 spiro atoms. The summed E-state index contributed by atoms with van der Waals surface area (Å²) in [6.45, 7) is 2.09. The molecular formula is C19H24F6O2. The normalized spacial score (nSPS) is 36.0. The predicted octanol–water partition coefficient (Wildman–Crippen LogP) is 4.59. The molecule has 0 aromatic rings. The second kappa shape index (κ2) is 6.28. The van der Waals surface area contributed by atoms with Gasteiger partial charge < -0.3 is 10.2 Å². The summed E-state index contributed by atoms with van der Waals surface area (Å²) >= 11 is 0. The Kier molecular flexibility index (Phi) is 4.84. The molecule has 4 atom stereocenters. The van der Waals surface area contributed by atoms with Crippen LogP contribution in [0.5, 0.6) is 0 Å². The lowest BCUT2D eigenvalue weighted by atomic mass is 9.60. The van der Waals surface area contributed by atoms with E-state index >= 15 is 0 Å². The van der Waals surface area contributed by atoms with E-state index in [0.717, 1.165) is 38.0 Å². The summed E-state index contributed by atoms with van der Waals surface area (Å²) in [6.07, 6.45) is -6.74. The van der Waals surface area contributed by atoms with E-state index in [9.17, 15) is 36.6 Å². The molecule has 8 heteroatoms. The Labute approximate surface area is 154 Å². The summed E-state index contributed by atoms with van der Waals surface area (Å²) in [5.41, 5.74) is -5.55. The van der Waals surface area contributed by atoms with E-state index in [4.69, 9.17) is 0 Å². The van der Waals surface area contributed by atoms with Crippen molar-refractivity contribution in [2.45, 2.75) is 82.3 Å². The molecule has 0 heterocycles. The van der Waals surface area contributed by atoms with E-state index < -0.39 is 29.5 Å². The number of hydrogen-bond acceptors (Lipinski definition) is 2. The van der Waals surface area contributed by atoms with Crippen LogP contribution in [0.2, 0.25) is 0 Å². The molecule has 0 bridgehead atoms. The summed E-state index contributed by atoms with van der Waals surface area (Å²) in [6, 6.07) is 0. The first-order valence-corrected chi connectivity index (χ1v) is 9.31. The molecule has 0 saturated heterocycles. The van der Waals surface area contributed by atoms with E-state index in [2.05, 4.69) is 6.92 Å². The smallest absolute Gasteiger partial charge is 0.393 e. The molecule has 3 saturated carbocycles. The first-order chi connectivity index (χ1) is 12.3. The second-order valence-corrected chi connectivity index (χ2v) is 8.75. The van der Waals surface area contributed by atoms with Crippen molar-refractivity contribution >= 4 is 0 Å². The second-order valence-electron chi connectivity index (χ2n) is 8.75. The van der Waals surface area contributed by atoms with Gasteiger partial charge in [-0.25, -0.2) is 0 Å². The minimum atomic E-state index is -5.91. The zero-order chi connectivity index (χ0) is 20.3. The molecule has 0 aliphatic heterocycles. The van der Waals surface area contributed by atoms with Crippen molar-refractivity contribution in [1.82, 2.24) is 0 Å². The molecule has 2 nitrogen and oxygen atoms in total. The van der Waals surface area contributed by atoms with Crippen LogP contribution in [0.1, 0.15) is 58.3 Å². The Bertz CT molecular complexity index is 625. The minimum absolute atomic E-state index is 0.0927. The largest absolute Gasteiger partial charge is 0.438 e. The van der Waals surface area contributed by atoms with Crippen LogP contribution in [0.4, 0.5) is 26.3 Å². The van der Waals surface area contributed by atoms with Crippen LogP contribution < -0.4 is 0 Å². The third-order valence-electron chi connectivity index (χ3n) is 7.25. The summed E-state index contributed by atoms with van der Waals surface area (Å²) < 4.78 is 76.6. The lowest BCUT2D eigenvalue weighted by Gasteiger charge is -2.46. The van der Waals surface area contributed by atoms with Crippen molar-refractivity contribution in [2.75, 3.05) is 0 Å². The van der Waals surface area contributed by atoms with Gasteiger partial charge in [-0.05, 0) is 67.1 Å². The van der Waals surface area contributed by atoms with Crippen LogP contribution in [0, 0.1) is 34.5 Å². The molecule has 3 rings (SSSR count). The van der Waals surface area contributed by atoms with Gasteiger partial charge in [0.05, 0.1) is 6.10 Å². The van der Waals surface area contributed by atoms with Crippen molar-refractivity contribution in [1.29, 1.82) is 0 Å². The number of fused-ring (bicyclic) bond motifs is 1. The molecule has 0 aromatic carbocycles. The van der Waals surface area contributed by atoms with Crippen molar-refractivity contribution < 1.29 is 36.6 Å². The Hall–Kier alpha value is -0.940. The molecule has 3 fully saturated rings. The third kappa shape index (κ3) is 3.25. The van der Waals surface area contributed by atoms with Gasteiger partial charge in [-0.1, -0.05) is 19.3 Å². The van der Waals surface area contributed by atoms with E-state index in [1.807, 2.05) is 5.92 Å². The van der Waals surface area contributed by atoms with Crippen LogP contribution in [-0.4, -0.2) is 34.3 Å². The van der Waals surface area contributed by atoms with E-state index in [-0.39, 0.29) is 23.7 Å². The van der Waals surface area contributed by atoms with Crippen LogP contribution in [0.3, 0.4) is 0 Å². The fraction of sp³-hybridized carbons (Fsp3) is 0.895. The molecule has 4 unspecified atom stereocenters. The summed E-state index contributed by atoms with van der Waals surface area (Å²) in [5, 5.41) is 19.5. The van der Waals surface area contributed by atoms with Gasteiger partial charge in [-0.2, -0.15) is 26.3 Å².